The molecule has 0 aliphatic carbocycles. The molecule has 5 N–H and O–H groups in total. The number of nitrogens with two attached hydrogens (primary N) is 2. The third kappa shape index (κ3) is 5.64. The van der Waals surface area contributed by atoms with Crippen LogP contribution in [0.2, 0.25) is 0 Å². The molecular weight excluding hydrogens is 482 g/mol. The van der Waals surface area contributed by atoms with Gasteiger partial charge in [0.1, 0.15) is 16.7 Å². The second kappa shape index (κ2) is 11.6. The Morgan fingerprint density at radius 3 is 2.36 bits per heavy atom. The van der Waals surface area contributed by atoms with Crippen LogP contribution in [-0.2, 0) is 9.53 Å². The minimum atomic E-state index is -1.08. The first-order valence-electron chi connectivity index (χ1n) is 11.1. The van der Waals surface area contributed by atoms with Crippen LogP contribution in [0.1, 0.15) is 42.9 Å². The number of nitrogens with one attached hydrogen (secondary N) is 1. The summed E-state index contributed by atoms with van der Waals surface area (Å²) < 4.78 is 14.3. The van der Waals surface area contributed by atoms with Gasteiger partial charge in [0.25, 0.3) is 11.8 Å². The zero-order valence-electron chi connectivity index (χ0n) is 20.5. The van der Waals surface area contributed by atoms with E-state index >= 15 is 0 Å². The summed E-state index contributed by atoms with van der Waals surface area (Å²) >= 11 is 0.758. The van der Waals surface area contributed by atoms with E-state index in [1.807, 2.05) is 26.0 Å². The molecule has 0 bridgehead atoms. The maximum absolute atomic E-state index is 14.0. The van der Waals surface area contributed by atoms with Crippen LogP contribution in [0.4, 0.5) is 11.4 Å². The number of methoxy groups -OCH3 is 2. The van der Waals surface area contributed by atoms with Crippen molar-refractivity contribution in [3.8, 4) is 5.75 Å². The number of benzene rings is 2. The number of nitrogen functional groups attached to an aromatic ring is 1. The van der Waals surface area contributed by atoms with Crippen molar-refractivity contribution in [2.24, 2.45) is 5.73 Å². The molecule has 0 aliphatic rings. The van der Waals surface area contributed by atoms with Crippen LogP contribution in [0.25, 0.3) is 0 Å². The fourth-order valence-electron chi connectivity index (χ4n) is 3.76. The van der Waals surface area contributed by atoms with Gasteiger partial charge in [-0.3, -0.25) is 19.3 Å². The summed E-state index contributed by atoms with van der Waals surface area (Å²) in [6.45, 7) is 4.32. The number of carbonyl (C=O) groups excluding carboxylic acids is 3. The number of primary amides is 1. The molecule has 1 aromatic heterocycles. The van der Waals surface area contributed by atoms with Gasteiger partial charge in [0.15, 0.2) is 5.69 Å². The van der Waals surface area contributed by atoms with E-state index in [2.05, 4.69) is 9.69 Å². The highest BCUT2D eigenvalue weighted by Crippen LogP contribution is 2.35. The second-order valence-corrected chi connectivity index (χ2v) is 8.84. The zero-order chi connectivity index (χ0) is 26.4. The average Bonchev–Trinajstić information content (AvgIpc) is 3.24. The molecule has 0 radical (unpaired) electrons. The minimum absolute atomic E-state index is 0.00646. The van der Waals surface area contributed by atoms with Crippen molar-refractivity contribution in [1.29, 1.82) is 0 Å². The van der Waals surface area contributed by atoms with Crippen molar-refractivity contribution in [3.05, 3.63) is 69.7 Å². The van der Waals surface area contributed by atoms with Gasteiger partial charge in [-0.2, -0.15) is 4.37 Å². The molecule has 3 rings (SSSR count). The number of hydrogen-bond donors (Lipinski definition) is 3. The Morgan fingerprint density at radius 2 is 1.81 bits per heavy atom. The lowest BCUT2D eigenvalue weighted by molar-refractivity contribution is -0.122. The van der Waals surface area contributed by atoms with Gasteiger partial charge in [-0.15, -0.1) is 0 Å². The van der Waals surface area contributed by atoms with E-state index < -0.39 is 23.8 Å². The first-order valence-corrected chi connectivity index (χ1v) is 11.8. The number of ether oxygens (including phenoxy) is 2. The standard InChI is InChI=1S/C25H29N5O5S/c1-14-5-10-18(15(2)13-14)30(25(33)22-19(26)20(23(27)31)29-36-22)21(24(32)28-11-12-34-3)16-6-8-17(35-4)9-7-16/h5-10,13,21H,11-12,26H2,1-4H3,(H2,27,31)(H,28,32)/t21-/m1/s1. The van der Waals surface area contributed by atoms with Crippen molar-refractivity contribution in [1.82, 2.24) is 9.69 Å². The summed E-state index contributed by atoms with van der Waals surface area (Å²) in [5.41, 5.74) is 14.0. The third-order valence-electron chi connectivity index (χ3n) is 5.53. The van der Waals surface area contributed by atoms with E-state index in [9.17, 15) is 14.4 Å². The molecule has 3 amide bonds. The average molecular weight is 512 g/mol. The molecule has 190 valence electrons. The molecule has 0 unspecified atom stereocenters. The number of carbonyl (C=O) groups is 3. The van der Waals surface area contributed by atoms with Gasteiger partial charge in [0.05, 0.1) is 19.4 Å². The topological polar surface area (TPSA) is 150 Å². The van der Waals surface area contributed by atoms with Crippen LogP contribution in [-0.4, -0.2) is 49.5 Å². The lowest BCUT2D eigenvalue weighted by Gasteiger charge is -2.32. The van der Waals surface area contributed by atoms with Crippen LogP contribution < -0.4 is 26.4 Å². The van der Waals surface area contributed by atoms with E-state index in [0.717, 1.165) is 22.7 Å². The fourth-order valence-corrected chi connectivity index (χ4v) is 4.50. The van der Waals surface area contributed by atoms with Crippen molar-refractivity contribution in [3.63, 3.8) is 0 Å². The van der Waals surface area contributed by atoms with E-state index in [1.165, 1.54) is 12.0 Å². The van der Waals surface area contributed by atoms with E-state index in [-0.39, 0.29) is 22.8 Å². The Morgan fingerprint density at radius 1 is 1.11 bits per heavy atom. The fraction of sp³-hybridized carbons (Fsp3) is 0.280. The smallest absolute Gasteiger partial charge is 0.273 e. The van der Waals surface area contributed by atoms with Crippen molar-refractivity contribution < 1.29 is 23.9 Å². The highest BCUT2D eigenvalue weighted by Gasteiger charge is 2.36. The molecule has 36 heavy (non-hydrogen) atoms. The molecule has 10 nitrogen and oxygen atoms in total. The molecule has 0 saturated heterocycles. The Hall–Kier alpha value is -3.96. The Bertz CT molecular complexity index is 1260. The molecule has 1 heterocycles. The van der Waals surface area contributed by atoms with Crippen LogP contribution >= 0.6 is 11.5 Å². The number of nitrogens with zero attached hydrogens (tertiary/aromatic N) is 2. The Labute approximate surface area is 213 Å². The quantitative estimate of drug-likeness (QED) is 0.354. The first kappa shape index (κ1) is 26.6. The van der Waals surface area contributed by atoms with Crippen LogP contribution in [0.3, 0.4) is 0 Å². The van der Waals surface area contributed by atoms with Gasteiger partial charge in [-0.1, -0.05) is 29.8 Å². The number of amides is 3. The van der Waals surface area contributed by atoms with Gasteiger partial charge < -0.3 is 26.3 Å². The molecule has 11 heteroatoms. The number of rotatable bonds is 10. The summed E-state index contributed by atoms with van der Waals surface area (Å²) in [5, 5.41) is 2.83. The summed E-state index contributed by atoms with van der Waals surface area (Å²) in [6, 6.07) is 11.3. The number of hydrogen-bond acceptors (Lipinski definition) is 8. The summed E-state index contributed by atoms with van der Waals surface area (Å²) in [6.07, 6.45) is 0. The highest BCUT2D eigenvalue weighted by atomic mass is 32.1. The van der Waals surface area contributed by atoms with Crippen LogP contribution in [0, 0.1) is 13.8 Å². The molecule has 0 fully saturated rings. The third-order valence-corrected chi connectivity index (χ3v) is 6.38. The van der Waals surface area contributed by atoms with E-state index in [4.69, 9.17) is 20.9 Å². The summed E-state index contributed by atoms with van der Waals surface area (Å²) in [5.74, 6) is -1.26. The molecule has 3 aromatic rings. The lowest BCUT2D eigenvalue weighted by Crippen LogP contribution is -2.45. The lowest BCUT2D eigenvalue weighted by atomic mass is 10.0. The molecular formula is C25H29N5O5S. The van der Waals surface area contributed by atoms with E-state index in [1.54, 1.807) is 37.4 Å². The molecule has 1 atom stereocenters. The number of aryl methyl sites for hydroxylation is 2. The minimum Gasteiger partial charge on any atom is -0.497 e. The zero-order valence-corrected chi connectivity index (χ0v) is 21.3. The van der Waals surface area contributed by atoms with Crippen LogP contribution in [0.5, 0.6) is 5.75 Å². The van der Waals surface area contributed by atoms with Crippen molar-refractivity contribution >= 4 is 40.6 Å². The van der Waals surface area contributed by atoms with Gasteiger partial charge >= 0.3 is 0 Å². The predicted octanol–water partition coefficient (Wildman–Crippen LogP) is 2.60. The van der Waals surface area contributed by atoms with E-state index in [0.29, 0.717) is 23.6 Å². The predicted molar refractivity (Wildman–Crippen MR) is 138 cm³/mol. The first-order chi connectivity index (χ1) is 17.2. The largest absolute Gasteiger partial charge is 0.497 e. The van der Waals surface area contributed by atoms with Gasteiger partial charge in [-0.25, -0.2) is 0 Å². The van der Waals surface area contributed by atoms with Gasteiger partial charge in [-0.05, 0) is 54.7 Å². The van der Waals surface area contributed by atoms with Crippen molar-refractivity contribution in [2.45, 2.75) is 19.9 Å². The molecule has 0 aliphatic heterocycles. The Balaban J connectivity index is 2.21. The maximum atomic E-state index is 14.0. The summed E-state index contributed by atoms with van der Waals surface area (Å²) in [4.78, 5) is 40.7. The van der Waals surface area contributed by atoms with Gasteiger partial charge in [0, 0.05) is 19.3 Å². The van der Waals surface area contributed by atoms with Crippen molar-refractivity contribution in [2.75, 3.05) is 38.0 Å². The highest BCUT2D eigenvalue weighted by molar-refractivity contribution is 7.09. The summed E-state index contributed by atoms with van der Waals surface area (Å²) in [7, 11) is 3.07. The second-order valence-electron chi connectivity index (χ2n) is 8.06. The monoisotopic (exact) mass is 511 g/mol. The SMILES string of the molecule is COCCNC(=O)[C@@H](c1ccc(OC)cc1)N(C(=O)c1snc(C(N)=O)c1N)c1ccc(C)cc1C. The number of anilines is 2. The molecule has 2 aromatic carbocycles. The normalized spacial score (nSPS) is 11.6. The molecule has 0 saturated carbocycles. The maximum Gasteiger partial charge on any atom is 0.273 e. The Kier molecular flexibility index (Phi) is 8.62. The number of aromatic nitrogens is 1. The van der Waals surface area contributed by atoms with Crippen LogP contribution in [0.15, 0.2) is 42.5 Å². The molecule has 0 spiro atoms. The van der Waals surface area contributed by atoms with Gasteiger partial charge in [0.2, 0.25) is 5.91 Å².